The summed E-state index contributed by atoms with van der Waals surface area (Å²) in [5.41, 5.74) is 4.24. The number of anilines is 1. The van der Waals surface area contributed by atoms with Gasteiger partial charge in [0.25, 0.3) is 0 Å². The molecule has 0 saturated heterocycles. The van der Waals surface area contributed by atoms with Crippen LogP contribution in [-0.4, -0.2) is 11.1 Å². The predicted octanol–water partition coefficient (Wildman–Crippen LogP) is 2.10. The SMILES string of the molecule is CCC(C(=O)O)C(C=CC=CNc1ccccc1)C[n+]1csc2ccccc21.[Br-]. The molecular formula is C23H25BrN2O2S. The Morgan fingerprint density at radius 2 is 1.86 bits per heavy atom. The number of rotatable bonds is 9. The van der Waals surface area contributed by atoms with Gasteiger partial charge in [-0.3, -0.25) is 4.79 Å². The number of aliphatic carboxylic acids is 1. The molecule has 0 fully saturated rings. The maximum atomic E-state index is 11.8. The Hall–Kier alpha value is -2.44. The molecule has 0 spiro atoms. The molecule has 0 bridgehead atoms. The molecule has 3 aromatic rings. The number of nitrogens with one attached hydrogen (secondary N) is 1. The number of fused-ring (bicyclic) bond motifs is 1. The molecule has 0 saturated carbocycles. The van der Waals surface area contributed by atoms with E-state index in [-0.39, 0.29) is 22.9 Å². The van der Waals surface area contributed by atoms with Crippen molar-refractivity contribution in [2.24, 2.45) is 11.8 Å². The van der Waals surface area contributed by atoms with E-state index in [9.17, 15) is 9.90 Å². The van der Waals surface area contributed by atoms with Crippen LogP contribution < -0.4 is 26.9 Å². The average Bonchev–Trinajstić information content (AvgIpc) is 3.11. The Bertz CT molecular complexity index is 969. The van der Waals surface area contributed by atoms with Crippen molar-refractivity contribution in [2.45, 2.75) is 19.9 Å². The first kappa shape index (κ1) is 22.8. The maximum absolute atomic E-state index is 11.8. The topological polar surface area (TPSA) is 53.2 Å². The van der Waals surface area contributed by atoms with E-state index in [4.69, 9.17) is 0 Å². The van der Waals surface area contributed by atoms with Gasteiger partial charge < -0.3 is 27.4 Å². The van der Waals surface area contributed by atoms with Gasteiger partial charge in [-0.2, -0.15) is 4.57 Å². The zero-order valence-electron chi connectivity index (χ0n) is 16.2. The molecule has 2 atom stereocenters. The van der Waals surface area contributed by atoms with Gasteiger partial charge in [0.15, 0.2) is 6.54 Å². The summed E-state index contributed by atoms with van der Waals surface area (Å²) in [4.78, 5) is 11.8. The Labute approximate surface area is 186 Å². The van der Waals surface area contributed by atoms with Gasteiger partial charge in [0.2, 0.25) is 11.0 Å². The highest BCUT2D eigenvalue weighted by molar-refractivity contribution is 7.16. The summed E-state index contributed by atoms with van der Waals surface area (Å²) in [5.74, 6) is -1.26. The van der Waals surface area contributed by atoms with Crippen molar-refractivity contribution in [3.8, 4) is 0 Å². The first-order chi connectivity index (χ1) is 13.7. The third-order valence-corrected chi connectivity index (χ3v) is 5.71. The molecule has 152 valence electrons. The molecule has 1 heterocycles. The van der Waals surface area contributed by atoms with Crippen molar-refractivity contribution < 1.29 is 31.4 Å². The van der Waals surface area contributed by atoms with Crippen molar-refractivity contribution in [3.05, 3.63) is 84.5 Å². The fourth-order valence-corrected chi connectivity index (χ4v) is 4.17. The minimum absolute atomic E-state index is 0. The van der Waals surface area contributed by atoms with Gasteiger partial charge in [-0.1, -0.05) is 60.7 Å². The monoisotopic (exact) mass is 472 g/mol. The zero-order valence-corrected chi connectivity index (χ0v) is 18.6. The van der Waals surface area contributed by atoms with E-state index in [1.165, 1.54) is 4.70 Å². The zero-order chi connectivity index (χ0) is 19.8. The number of carbonyl (C=O) groups is 1. The first-order valence-corrected chi connectivity index (χ1v) is 10.3. The van der Waals surface area contributed by atoms with E-state index >= 15 is 0 Å². The molecule has 6 heteroatoms. The van der Waals surface area contributed by atoms with Gasteiger partial charge in [0.05, 0.1) is 5.92 Å². The maximum Gasteiger partial charge on any atom is 0.307 e. The second kappa shape index (κ2) is 11.5. The van der Waals surface area contributed by atoms with Crippen molar-refractivity contribution in [2.75, 3.05) is 5.32 Å². The molecule has 0 aliphatic rings. The molecule has 3 rings (SSSR count). The van der Waals surface area contributed by atoms with Gasteiger partial charge in [0, 0.05) is 23.9 Å². The van der Waals surface area contributed by atoms with E-state index in [1.807, 2.05) is 73.8 Å². The lowest BCUT2D eigenvalue weighted by atomic mass is 9.89. The Kier molecular flexibility index (Phi) is 9.09. The quantitative estimate of drug-likeness (QED) is 0.370. The van der Waals surface area contributed by atoms with Crippen LogP contribution in [0.3, 0.4) is 0 Å². The number of thiazole rings is 1. The largest absolute Gasteiger partial charge is 1.00 e. The lowest BCUT2D eigenvalue weighted by Crippen LogP contribution is -3.00. The van der Waals surface area contributed by atoms with E-state index in [0.717, 1.165) is 11.2 Å². The number of carboxylic acid groups (broad SMARTS) is 1. The molecule has 1 aromatic heterocycles. The van der Waals surface area contributed by atoms with Crippen LogP contribution in [0.1, 0.15) is 13.3 Å². The van der Waals surface area contributed by atoms with Gasteiger partial charge >= 0.3 is 5.97 Å². The number of nitrogens with zero attached hydrogens (tertiary/aromatic N) is 1. The van der Waals surface area contributed by atoms with Crippen LogP contribution >= 0.6 is 11.3 Å². The third-order valence-electron chi connectivity index (χ3n) is 4.75. The average molecular weight is 473 g/mol. The number of hydrogen-bond donors (Lipinski definition) is 2. The standard InChI is InChI=1S/C23H24N2O2S.BrH/c1-2-20(23(26)27)18(10-8-9-15-24-19-11-4-3-5-12-19)16-25-17-28-22-14-7-6-13-21(22)25;/h3-15,17-18,20,24H,2,16H2,1H3;1H. The summed E-state index contributed by atoms with van der Waals surface area (Å²) < 4.78 is 3.37. The normalized spacial score (nSPS) is 13.4. The summed E-state index contributed by atoms with van der Waals surface area (Å²) >= 11 is 1.68. The fraction of sp³-hybridized carbons (Fsp3) is 0.217. The van der Waals surface area contributed by atoms with Gasteiger partial charge in [-0.05, 0) is 30.7 Å². The fourth-order valence-electron chi connectivity index (χ4n) is 3.26. The van der Waals surface area contributed by atoms with E-state index < -0.39 is 11.9 Å². The van der Waals surface area contributed by atoms with Gasteiger partial charge in [0.1, 0.15) is 4.70 Å². The third kappa shape index (κ3) is 6.27. The second-order valence-corrected chi connectivity index (χ2v) is 7.50. The van der Waals surface area contributed by atoms with Crippen molar-refractivity contribution in [3.63, 3.8) is 0 Å². The van der Waals surface area contributed by atoms with Gasteiger partial charge in [-0.15, -0.1) is 0 Å². The predicted molar refractivity (Wildman–Crippen MR) is 115 cm³/mol. The van der Waals surface area contributed by atoms with Crippen LogP contribution in [0.4, 0.5) is 5.69 Å². The molecule has 2 aromatic carbocycles. The Balaban J connectivity index is 0.00000300. The Morgan fingerprint density at radius 1 is 1.14 bits per heavy atom. The molecule has 0 aliphatic carbocycles. The van der Waals surface area contributed by atoms with Gasteiger partial charge in [-0.25, -0.2) is 0 Å². The number of carboxylic acids is 1. The summed E-state index contributed by atoms with van der Waals surface area (Å²) in [6.45, 7) is 2.58. The Morgan fingerprint density at radius 3 is 2.59 bits per heavy atom. The first-order valence-electron chi connectivity index (χ1n) is 9.42. The van der Waals surface area contributed by atoms with Crippen molar-refractivity contribution in [1.82, 2.24) is 0 Å². The molecule has 2 N–H and O–H groups in total. The number of aromatic nitrogens is 1. The highest BCUT2D eigenvalue weighted by Crippen LogP contribution is 2.21. The van der Waals surface area contributed by atoms with Crippen LogP contribution in [0.15, 0.2) is 84.5 Å². The minimum atomic E-state index is -0.747. The summed E-state index contributed by atoms with van der Waals surface area (Å²) in [7, 11) is 0. The number of para-hydroxylation sites is 2. The minimum Gasteiger partial charge on any atom is -1.00 e. The lowest BCUT2D eigenvalue weighted by Gasteiger charge is -2.16. The molecule has 0 aliphatic heterocycles. The van der Waals surface area contributed by atoms with Crippen LogP contribution in [0.25, 0.3) is 10.2 Å². The van der Waals surface area contributed by atoms with Crippen molar-refractivity contribution in [1.29, 1.82) is 0 Å². The van der Waals surface area contributed by atoms with Crippen LogP contribution in [-0.2, 0) is 11.3 Å². The van der Waals surface area contributed by atoms with E-state index in [2.05, 4.69) is 27.5 Å². The van der Waals surface area contributed by atoms with Crippen LogP contribution in [0.5, 0.6) is 0 Å². The van der Waals surface area contributed by atoms with Crippen LogP contribution in [0.2, 0.25) is 0 Å². The smallest absolute Gasteiger partial charge is 0.307 e. The molecular weight excluding hydrogens is 448 g/mol. The lowest BCUT2D eigenvalue weighted by molar-refractivity contribution is -0.673. The van der Waals surface area contributed by atoms with Crippen LogP contribution in [0, 0.1) is 11.8 Å². The molecule has 4 nitrogen and oxygen atoms in total. The number of halogens is 1. The van der Waals surface area contributed by atoms with E-state index in [0.29, 0.717) is 13.0 Å². The summed E-state index contributed by atoms with van der Waals surface area (Å²) in [6, 6.07) is 18.1. The van der Waals surface area contributed by atoms with E-state index in [1.54, 1.807) is 11.3 Å². The molecule has 0 radical (unpaired) electrons. The van der Waals surface area contributed by atoms with Crippen molar-refractivity contribution >= 4 is 33.2 Å². The summed E-state index contributed by atoms with van der Waals surface area (Å²) in [5, 5.41) is 12.9. The highest BCUT2D eigenvalue weighted by Gasteiger charge is 2.28. The molecule has 0 amide bonds. The second-order valence-electron chi connectivity index (χ2n) is 6.61. The molecule has 29 heavy (non-hydrogen) atoms. The number of hydrogen-bond acceptors (Lipinski definition) is 3. The number of benzene rings is 2. The molecule has 2 unspecified atom stereocenters. The number of allylic oxidation sites excluding steroid dienone is 3. The highest BCUT2D eigenvalue weighted by atomic mass is 79.9. The summed E-state index contributed by atoms with van der Waals surface area (Å²) in [6.07, 6.45) is 8.30.